The number of hydrogen-bond donors (Lipinski definition) is 1. The van der Waals surface area contributed by atoms with Crippen molar-refractivity contribution >= 4 is 0 Å². The Kier molecular flexibility index (Phi) is 4.93. The summed E-state index contributed by atoms with van der Waals surface area (Å²) in [4.78, 5) is 4.22. The first-order chi connectivity index (χ1) is 9.29. The number of aliphatic hydroxyl groups excluding tert-OH is 1. The number of hydrogen-bond acceptors (Lipinski definition) is 3. The summed E-state index contributed by atoms with van der Waals surface area (Å²) in [5.41, 5.74) is 1.77. The molecule has 0 radical (unpaired) electrons. The quantitative estimate of drug-likeness (QED) is 0.864. The van der Waals surface area contributed by atoms with E-state index >= 15 is 0 Å². The minimum Gasteiger partial charge on any atom is -0.494 e. The van der Waals surface area contributed by atoms with Crippen molar-refractivity contribution in [3.05, 3.63) is 59.9 Å². The first kappa shape index (κ1) is 13.6. The molecule has 0 saturated heterocycles. The third-order valence-corrected chi connectivity index (χ3v) is 2.87. The molecule has 0 fully saturated rings. The van der Waals surface area contributed by atoms with Crippen LogP contribution in [0.1, 0.15) is 30.7 Å². The van der Waals surface area contributed by atoms with Crippen molar-refractivity contribution < 1.29 is 9.84 Å². The van der Waals surface area contributed by atoms with E-state index < -0.39 is 6.10 Å². The van der Waals surface area contributed by atoms with Gasteiger partial charge in [-0.05, 0) is 36.2 Å². The number of aromatic nitrogens is 1. The molecule has 0 aliphatic rings. The van der Waals surface area contributed by atoms with E-state index in [1.165, 1.54) is 0 Å². The van der Waals surface area contributed by atoms with Crippen molar-refractivity contribution in [3.63, 3.8) is 0 Å². The molecule has 3 heteroatoms. The zero-order valence-corrected chi connectivity index (χ0v) is 11.1. The van der Waals surface area contributed by atoms with Crippen LogP contribution in [-0.4, -0.2) is 16.7 Å². The number of rotatable bonds is 6. The second kappa shape index (κ2) is 6.90. The zero-order valence-electron chi connectivity index (χ0n) is 11.1. The maximum absolute atomic E-state index is 10.2. The molecule has 100 valence electrons. The molecule has 0 aliphatic heterocycles. The fourth-order valence-electron chi connectivity index (χ4n) is 1.84. The van der Waals surface area contributed by atoms with E-state index in [0.29, 0.717) is 6.42 Å². The summed E-state index contributed by atoms with van der Waals surface area (Å²) < 4.78 is 5.51. The average molecular weight is 257 g/mol. The van der Waals surface area contributed by atoms with Gasteiger partial charge in [0.15, 0.2) is 0 Å². The van der Waals surface area contributed by atoms with E-state index in [-0.39, 0.29) is 0 Å². The van der Waals surface area contributed by atoms with Gasteiger partial charge in [-0.1, -0.05) is 25.1 Å². The Hall–Kier alpha value is -1.87. The maximum Gasteiger partial charge on any atom is 0.119 e. The molecule has 1 unspecified atom stereocenters. The van der Waals surface area contributed by atoms with Gasteiger partial charge in [0.2, 0.25) is 0 Å². The standard InChI is InChI=1S/C16H19NO2/c1-2-11-19-15-8-6-13(7-9-15)16(18)12-14-5-3-4-10-17-14/h3-10,16,18H,2,11-12H2,1H3. The van der Waals surface area contributed by atoms with Crippen molar-refractivity contribution in [2.24, 2.45) is 0 Å². The highest BCUT2D eigenvalue weighted by Gasteiger charge is 2.09. The summed E-state index contributed by atoms with van der Waals surface area (Å²) in [6.45, 7) is 2.79. The molecule has 0 bridgehead atoms. The Morgan fingerprint density at radius 1 is 1.16 bits per heavy atom. The fraction of sp³-hybridized carbons (Fsp3) is 0.312. The predicted octanol–water partition coefficient (Wildman–Crippen LogP) is 3.15. The van der Waals surface area contributed by atoms with Gasteiger partial charge in [0, 0.05) is 18.3 Å². The van der Waals surface area contributed by atoms with E-state index in [1.54, 1.807) is 6.20 Å². The number of aliphatic hydroxyl groups is 1. The summed E-state index contributed by atoms with van der Waals surface area (Å²) >= 11 is 0. The van der Waals surface area contributed by atoms with Gasteiger partial charge in [-0.3, -0.25) is 4.98 Å². The van der Waals surface area contributed by atoms with Crippen LogP contribution in [0, 0.1) is 0 Å². The van der Waals surface area contributed by atoms with E-state index in [0.717, 1.165) is 30.0 Å². The summed E-state index contributed by atoms with van der Waals surface area (Å²) in [6.07, 6.45) is 2.72. The lowest BCUT2D eigenvalue weighted by molar-refractivity contribution is 0.177. The maximum atomic E-state index is 10.2. The minimum atomic E-state index is -0.532. The molecular weight excluding hydrogens is 238 g/mol. The second-order valence-corrected chi connectivity index (χ2v) is 4.46. The number of benzene rings is 1. The van der Waals surface area contributed by atoms with E-state index in [4.69, 9.17) is 4.74 Å². The van der Waals surface area contributed by atoms with Crippen molar-refractivity contribution in [3.8, 4) is 5.75 Å². The highest BCUT2D eigenvalue weighted by molar-refractivity contribution is 5.29. The Morgan fingerprint density at radius 2 is 1.95 bits per heavy atom. The fourth-order valence-corrected chi connectivity index (χ4v) is 1.84. The second-order valence-electron chi connectivity index (χ2n) is 4.46. The van der Waals surface area contributed by atoms with E-state index in [9.17, 15) is 5.11 Å². The van der Waals surface area contributed by atoms with Crippen LogP contribution in [0.3, 0.4) is 0 Å². The molecule has 1 aromatic carbocycles. The molecule has 1 heterocycles. The van der Waals surface area contributed by atoms with Gasteiger partial charge in [0.25, 0.3) is 0 Å². The molecule has 0 aliphatic carbocycles. The van der Waals surface area contributed by atoms with Gasteiger partial charge in [0.05, 0.1) is 12.7 Å². The Balaban J connectivity index is 1.97. The van der Waals surface area contributed by atoms with Gasteiger partial charge in [-0.2, -0.15) is 0 Å². The Morgan fingerprint density at radius 3 is 2.58 bits per heavy atom. The SMILES string of the molecule is CCCOc1ccc(C(O)Cc2ccccn2)cc1. The smallest absolute Gasteiger partial charge is 0.119 e. The molecule has 0 amide bonds. The highest BCUT2D eigenvalue weighted by Crippen LogP contribution is 2.20. The number of pyridine rings is 1. The molecule has 1 atom stereocenters. The molecule has 2 rings (SSSR count). The van der Waals surface area contributed by atoms with Gasteiger partial charge >= 0.3 is 0 Å². The predicted molar refractivity (Wildman–Crippen MR) is 75.1 cm³/mol. The Bertz CT molecular complexity index is 482. The molecule has 3 nitrogen and oxygen atoms in total. The van der Waals surface area contributed by atoms with Crippen LogP contribution >= 0.6 is 0 Å². The summed E-state index contributed by atoms with van der Waals surface area (Å²) in [5, 5.41) is 10.2. The molecular formula is C16H19NO2. The lowest BCUT2D eigenvalue weighted by Gasteiger charge is -2.11. The lowest BCUT2D eigenvalue weighted by Crippen LogP contribution is -2.03. The molecule has 1 aromatic heterocycles. The summed E-state index contributed by atoms with van der Waals surface area (Å²) in [6, 6.07) is 13.3. The van der Waals surface area contributed by atoms with Gasteiger partial charge in [-0.15, -0.1) is 0 Å². The number of ether oxygens (including phenoxy) is 1. The summed E-state index contributed by atoms with van der Waals surface area (Å²) in [7, 11) is 0. The highest BCUT2D eigenvalue weighted by atomic mass is 16.5. The van der Waals surface area contributed by atoms with Crippen LogP contribution in [0.25, 0.3) is 0 Å². The van der Waals surface area contributed by atoms with Crippen LogP contribution in [0.15, 0.2) is 48.7 Å². The van der Waals surface area contributed by atoms with Crippen molar-refractivity contribution in [1.82, 2.24) is 4.98 Å². The molecule has 2 aromatic rings. The lowest BCUT2D eigenvalue weighted by atomic mass is 10.0. The minimum absolute atomic E-state index is 0.524. The first-order valence-electron chi connectivity index (χ1n) is 6.60. The zero-order chi connectivity index (χ0) is 13.5. The third kappa shape index (κ3) is 4.07. The largest absolute Gasteiger partial charge is 0.494 e. The van der Waals surface area contributed by atoms with Crippen LogP contribution in [0.4, 0.5) is 0 Å². The normalized spacial score (nSPS) is 12.1. The van der Waals surface area contributed by atoms with Crippen molar-refractivity contribution in [2.45, 2.75) is 25.9 Å². The van der Waals surface area contributed by atoms with Crippen molar-refractivity contribution in [2.75, 3.05) is 6.61 Å². The monoisotopic (exact) mass is 257 g/mol. The van der Waals surface area contributed by atoms with Gasteiger partial charge in [0.1, 0.15) is 5.75 Å². The van der Waals surface area contributed by atoms with Gasteiger partial charge in [-0.25, -0.2) is 0 Å². The van der Waals surface area contributed by atoms with Crippen LogP contribution < -0.4 is 4.74 Å². The summed E-state index contributed by atoms with van der Waals surface area (Å²) in [5.74, 6) is 0.843. The van der Waals surface area contributed by atoms with E-state index in [2.05, 4.69) is 11.9 Å². The molecule has 19 heavy (non-hydrogen) atoms. The third-order valence-electron chi connectivity index (χ3n) is 2.87. The molecule has 1 N–H and O–H groups in total. The van der Waals surface area contributed by atoms with Crippen LogP contribution in [0.2, 0.25) is 0 Å². The van der Waals surface area contributed by atoms with Crippen LogP contribution in [-0.2, 0) is 6.42 Å². The molecule has 0 saturated carbocycles. The van der Waals surface area contributed by atoms with Crippen molar-refractivity contribution in [1.29, 1.82) is 0 Å². The van der Waals surface area contributed by atoms with Crippen LogP contribution in [0.5, 0.6) is 5.75 Å². The Labute approximate surface area is 113 Å². The number of nitrogens with zero attached hydrogens (tertiary/aromatic N) is 1. The first-order valence-corrected chi connectivity index (χ1v) is 6.60. The average Bonchev–Trinajstić information content (AvgIpc) is 2.46. The van der Waals surface area contributed by atoms with Gasteiger partial charge < -0.3 is 9.84 Å². The topological polar surface area (TPSA) is 42.4 Å². The van der Waals surface area contributed by atoms with E-state index in [1.807, 2.05) is 42.5 Å². The molecule has 0 spiro atoms.